The predicted octanol–water partition coefficient (Wildman–Crippen LogP) is 3.65. The van der Waals surface area contributed by atoms with Gasteiger partial charge in [0.05, 0.1) is 11.7 Å². The average molecular weight is 236 g/mol. The lowest BCUT2D eigenvalue weighted by molar-refractivity contribution is -0.120. The van der Waals surface area contributed by atoms with Gasteiger partial charge in [0.25, 0.3) is 0 Å². The summed E-state index contributed by atoms with van der Waals surface area (Å²) in [5.74, 6) is 0.306. The predicted molar refractivity (Wildman–Crippen MR) is 68.9 cm³/mol. The molecule has 2 atom stereocenters. The van der Waals surface area contributed by atoms with Gasteiger partial charge in [-0.15, -0.1) is 0 Å². The maximum absolute atomic E-state index is 11.5. The van der Waals surface area contributed by atoms with Crippen LogP contribution in [0.15, 0.2) is 11.6 Å². The zero-order chi connectivity index (χ0) is 12.7. The molecule has 0 N–H and O–H groups in total. The van der Waals surface area contributed by atoms with E-state index in [0.29, 0.717) is 18.3 Å². The molecular formula is C15H24O2. The van der Waals surface area contributed by atoms with Gasteiger partial charge in [-0.1, -0.05) is 12.5 Å². The summed E-state index contributed by atoms with van der Waals surface area (Å²) in [7, 11) is 0. The minimum atomic E-state index is -0.0935. The van der Waals surface area contributed by atoms with Crippen LogP contribution in [0.4, 0.5) is 0 Å². The molecular weight excluding hydrogens is 212 g/mol. The van der Waals surface area contributed by atoms with Crippen molar-refractivity contribution in [3.05, 3.63) is 11.6 Å². The van der Waals surface area contributed by atoms with Gasteiger partial charge in [-0.05, 0) is 52.5 Å². The van der Waals surface area contributed by atoms with Crippen LogP contribution in [0.2, 0.25) is 0 Å². The molecule has 0 amide bonds. The van der Waals surface area contributed by atoms with Gasteiger partial charge < -0.3 is 4.74 Å². The summed E-state index contributed by atoms with van der Waals surface area (Å²) in [6.45, 7) is 8.58. The molecule has 1 fully saturated rings. The van der Waals surface area contributed by atoms with Crippen molar-refractivity contribution < 1.29 is 9.53 Å². The Hall–Kier alpha value is -0.630. The molecule has 0 aromatic carbocycles. The summed E-state index contributed by atoms with van der Waals surface area (Å²) in [5.41, 5.74) is 1.41. The summed E-state index contributed by atoms with van der Waals surface area (Å²) in [6.07, 6.45) is 7.08. The smallest absolute Gasteiger partial charge is 0.155 e. The van der Waals surface area contributed by atoms with Crippen LogP contribution in [0.25, 0.3) is 0 Å². The Morgan fingerprint density at radius 2 is 2.12 bits per heavy atom. The molecule has 2 unspecified atom stereocenters. The van der Waals surface area contributed by atoms with Crippen LogP contribution < -0.4 is 0 Å². The van der Waals surface area contributed by atoms with Crippen molar-refractivity contribution >= 4 is 5.78 Å². The van der Waals surface area contributed by atoms with Crippen LogP contribution in [-0.4, -0.2) is 17.5 Å². The quantitative estimate of drug-likeness (QED) is 0.731. The van der Waals surface area contributed by atoms with Crippen LogP contribution in [0.5, 0.6) is 0 Å². The Bertz CT molecular complexity index is 348. The van der Waals surface area contributed by atoms with Gasteiger partial charge in [-0.3, -0.25) is 4.79 Å². The number of hydrogen-bond acceptors (Lipinski definition) is 2. The highest BCUT2D eigenvalue weighted by molar-refractivity contribution is 5.91. The van der Waals surface area contributed by atoms with E-state index in [1.54, 1.807) is 0 Å². The first-order chi connectivity index (χ1) is 7.87. The summed E-state index contributed by atoms with van der Waals surface area (Å²) in [4.78, 5) is 11.5. The van der Waals surface area contributed by atoms with E-state index in [9.17, 15) is 4.79 Å². The van der Waals surface area contributed by atoms with Crippen LogP contribution >= 0.6 is 0 Å². The van der Waals surface area contributed by atoms with E-state index in [2.05, 4.69) is 27.7 Å². The lowest BCUT2D eigenvalue weighted by atomic mass is 9.70. The second-order valence-corrected chi connectivity index (χ2v) is 6.40. The van der Waals surface area contributed by atoms with Crippen molar-refractivity contribution in [1.82, 2.24) is 0 Å². The molecule has 0 bridgehead atoms. The molecule has 0 heterocycles. The molecule has 0 saturated heterocycles. The summed E-state index contributed by atoms with van der Waals surface area (Å²) in [6, 6.07) is 0. The molecule has 0 aromatic rings. The third-order valence-corrected chi connectivity index (χ3v) is 4.21. The van der Waals surface area contributed by atoms with Crippen molar-refractivity contribution in [1.29, 1.82) is 0 Å². The first-order valence-electron chi connectivity index (χ1n) is 6.79. The zero-order valence-electron chi connectivity index (χ0n) is 11.5. The highest BCUT2D eigenvalue weighted by Gasteiger charge is 2.48. The van der Waals surface area contributed by atoms with Crippen molar-refractivity contribution in [2.45, 2.75) is 71.5 Å². The first-order valence-corrected chi connectivity index (χ1v) is 6.79. The van der Waals surface area contributed by atoms with E-state index < -0.39 is 0 Å². The molecule has 0 spiro atoms. The van der Waals surface area contributed by atoms with Crippen LogP contribution in [-0.2, 0) is 9.53 Å². The summed E-state index contributed by atoms with van der Waals surface area (Å²) in [5, 5.41) is 0. The molecule has 2 aliphatic rings. The van der Waals surface area contributed by atoms with E-state index >= 15 is 0 Å². The number of carbonyl (C=O) groups excluding carboxylic acids is 1. The summed E-state index contributed by atoms with van der Waals surface area (Å²) < 4.78 is 6.25. The van der Waals surface area contributed by atoms with E-state index in [1.807, 2.05) is 6.08 Å². The maximum atomic E-state index is 11.5. The fraction of sp³-hybridized carbons (Fsp3) is 0.800. The second kappa shape index (κ2) is 4.24. The number of hydrogen-bond donors (Lipinski definition) is 0. The second-order valence-electron chi connectivity index (χ2n) is 6.40. The van der Waals surface area contributed by atoms with Crippen LogP contribution in [0.1, 0.15) is 59.8 Å². The topological polar surface area (TPSA) is 26.3 Å². The van der Waals surface area contributed by atoms with Gasteiger partial charge >= 0.3 is 0 Å². The number of carbonyl (C=O) groups is 1. The molecule has 1 saturated carbocycles. The first kappa shape index (κ1) is 12.8. The van der Waals surface area contributed by atoms with Gasteiger partial charge in [0.2, 0.25) is 0 Å². The number of ketones is 1. The number of fused-ring (bicyclic) bond motifs is 1. The third-order valence-electron chi connectivity index (χ3n) is 4.21. The molecule has 2 aliphatic carbocycles. The van der Waals surface area contributed by atoms with Crippen molar-refractivity contribution in [3.8, 4) is 0 Å². The van der Waals surface area contributed by atoms with Gasteiger partial charge in [0.1, 0.15) is 0 Å². The third kappa shape index (κ3) is 2.33. The van der Waals surface area contributed by atoms with E-state index in [0.717, 1.165) is 25.7 Å². The standard InChI is InChI=1S/C15H24O2/c1-5-15-9-8-12(16)10-11(15)6-7-13(15)17-14(2,3)4/h10,13H,5-9H2,1-4H3. The summed E-state index contributed by atoms with van der Waals surface area (Å²) >= 11 is 0. The van der Waals surface area contributed by atoms with Gasteiger partial charge in [-0.2, -0.15) is 0 Å². The Kier molecular flexibility index (Phi) is 3.19. The Labute approximate surface area is 104 Å². The molecule has 2 nitrogen and oxygen atoms in total. The largest absolute Gasteiger partial charge is 0.372 e. The van der Waals surface area contributed by atoms with Gasteiger partial charge in [0.15, 0.2) is 5.78 Å². The Morgan fingerprint density at radius 3 is 2.71 bits per heavy atom. The minimum Gasteiger partial charge on any atom is -0.372 e. The monoisotopic (exact) mass is 236 g/mol. The molecule has 0 aliphatic heterocycles. The number of rotatable bonds is 2. The average Bonchev–Trinajstić information content (AvgIpc) is 2.55. The fourth-order valence-corrected chi connectivity index (χ4v) is 3.40. The fourth-order valence-electron chi connectivity index (χ4n) is 3.40. The molecule has 2 rings (SSSR count). The maximum Gasteiger partial charge on any atom is 0.155 e. The highest BCUT2D eigenvalue weighted by atomic mass is 16.5. The van der Waals surface area contributed by atoms with Gasteiger partial charge in [0, 0.05) is 11.8 Å². The number of allylic oxidation sites excluding steroid dienone is 1. The Morgan fingerprint density at radius 1 is 1.41 bits per heavy atom. The van der Waals surface area contributed by atoms with E-state index in [-0.39, 0.29) is 11.0 Å². The lowest BCUT2D eigenvalue weighted by Gasteiger charge is -2.40. The molecule has 0 aromatic heterocycles. The van der Waals surface area contributed by atoms with Crippen molar-refractivity contribution in [3.63, 3.8) is 0 Å². The van der Waals surface area contributed by atoms with E-state index in [4.69, 9.17) is 4.74 Å². The molecule has 17 heavy (non-hydrogen) atoms. The SMILES string of the molecule is CCC12CCC(=O)C=C1CCC2OC(C)(C)C. The molecule has 2 heteroatoms. The minimum absolute atomic E-state index is 0.0935. The van der Waals surface area contributed by atoms with Crippen LogP contribution in [0, 0.1) is 5.41 Å². The van der Waals surface area contributed by atoms with E-state index in [1.165, 1.54) is 5.57 Å². The zero-order valence-corrected chi connectivity index (χ0v) is 11.5. The number of ether oxygens (including phenoxy) is 1. The normalized spacial score (nSPS) is 33.5. The molecule has 96 valence electrons. The highest BCUT2D eigenvalue weighted by Crippen LogP contribution is 2.53. The van der Waals surface area contributed by atoms with Crippen molar-refractivity contribution in [2.24, 2.45) is 5.41 Å². The van der Waals surface area contributed by atoms with Crippen LogP contribution in [0.3, 0.4) is 0 Å². The Balaban J connectivity index is 2.26. The van der Waals surface area contributed by atoms with Gasteiger partial charge in [-0.25, -0.2) is 0 Å². The lowest BCUT2D eigenvalue weighted by Crippen LogP contribution is -2.40. The molecule has 0 radical (unpaired) electrons. The van der Waals surface area contributed by atoms with Crippen molar-refractivity contribution in [2.75, 3.05) is 0 Å².